The zero-order valence-corrected chi connectivity index (χ0v) is 15.4. The summed E-state index contributed by atoms with van der Waals surface area (Å²) in [4.78, 5) is 19.0. The quantitative estimate of drug-likeness (QED) is 0.820. The third-order valence-corrected chi connectivity index (χ3v) is 4.68. The third kappa shape index (κ3) is 4.60. The van der Waals surface area contributed by atoms with Crippen molar-refractivity contribution in [3.8, 4) is 5.75 Å². The van der Waals surface area contributed by atoms with E-state index in [1.807, 2.05) is 36.1 Å². The largest absolute Gasteiger partial charge is 0.484 e. The number of carbonyl (C=O) groups excluding carboxylic acids is 1. The summed E-state index contributed by atoms with van der Waals surface area (Å²) < 4.78 is 10.8. The Bertz CT molecular complexity index is 731. The first-order valence-electron chi connectivity index (χ1n) is 9.03. The number of nitrogens with one attached hydrogen (secondary N) is 1. The summed E-state index contributed by atoms with van der Waals surface area (Å²) in [5.41, 5.74) is 1.03. The molecule has 1 amide bonds. The van der Waals surface area contributed by atoms with Crippen LogP contribution in [-0.2, 0) is 16.0 Å². The number of H-pyrrole nitrogens is 1. The maximum atomic E-state index is 12.5. The van der Waals surface area contributed by atoms with E-state index in [1.165, 1.54) is 0 Å². The average molecular weight is 358 g/mol. The Morgan fingerprint density at radius 2 is 2.23 bits per heavy atom. The number of piperidine rings is 1. The van der Waals surface area contributed by atoms with Crippen molar-refractivity contribution in [1.82, 2.24) is 20.1 Å². The average Bonchev–Trinajstić information content (AvgIpc) is 3.14. The Labute approximate surface area is 153 Å². The molecule has 1 N–H and O–H groups in total. The standard InChI is InChI=1S/C19H26N4O3/c1-14-6-3-4-8-16(14)26-13-18(24)23-10-5-7-15(12-23)19-20-17(21-22-19)9-11-25-2/h3-4,6,8,15H,5,7,9-13H2,1-2H3,(H,20,21,22). The Kier molecular flexibility index (Phi) is 6.22. The molecule has 7 nitrogen and oxygen atoms in total. The van der Waals surface area contributed by atoms with E-state index in [-0.39, 0.29) is 18.4 Å². The summed E-state index contributed by atoms with van der Waals surface area (Å²) in [5.74, 6) is 2.54. The van der Waals surface area contributed by atoms with Crippen molar-refractivity contribution in [3.63, 3.8) is 0 Å². The fourth-order valence-corrected chi connectivity index (χ4v) is 3.17. The molecule has 1 unspecified atom stereocenters. The molecule has 1 aromatic carbocycles. The first-order chi connectivity index (χ1) is 12.7. The summed E-state index contributed by atoms with van der Waals surface area (Å²) in [6, 6.07) is 7.73. The second-order valence-electron chi connectivity index (χ2n) is 6.62. The fourth-order valence-electron chi connectivity index (χ4n) is 3.17. The number of aromatic nitrogens is 3. The number of hydrogen-bond acceptors (Lipinski definition) is 5. The van der Waals surface area contributed by atoms with Gasteiger partial charge >= 0.3 is 0 Å². The molecule has 2 heterocycles. The Morgan fingerprint density at radius 3 is 3.04 bits per heavy atom. The fraction of sp³-hybridized carbons (Fsp3) is 0.526. The Morgan fingerprint density at radius 1 is 1.38 bits per heavy atom. The van der Waals surface area contributed by atoms with E-state index < -0.39 is 0 Å². The molecule has 1 saturated heterocycles. The molecular formula is C19H26N4O3. The lowest BCUT2D eigenvalue weighted by atomic mass is 9.97. The highest BCUT2D eigenvalue weighted by Gasteiger charge is 2.27. The van der Waals surface area contributed by atoms with Crippen molar-refractivity contribution < 1.29 is 14.3 Å². The van der Waals surface area contributed by atoms with Gasteiger partial charge in [-0.05, 0) is 31.4 Å². The molecule has 3 rings (SSSR count). The lowest BCUT2D eigenvalue weighted by molar-refractivity contribution is -0.134. The van der Waals surface area contributed by atoms with Crippen molar-refractivity contribution in [3.05, 3.63) is 41.5 Å². The number of ether oxygens (including phenoxy) is 2. The smallest absolute Gasteiger partial charge is 0.260 e. The van der Waals surface area contributed by atoms with Gasteiger partial charge in [0.15, 0.2) is 12.4 Å². The maximum absolute atomic E-state index is 12.5. The van der Waals surface area contributed by atoms with Crippen molar-refractivity contribution in [2.24, 2.45) is 0 Å². The van der Waals surface area contributed by atoms with Gasteiger partial charge in [0, 0.05) is 32.5 Å². The van der Waals surface area contributed by atoms with Gasteiger partial charge < -0.3 is 14.4 Å². The number of aromatic amines is 1. The zero-order valence-electron chi connectivity index (χ0n) is 15.4. The number of likely N-dealkylation sites (tertiary alicyclic amines) is 1. The summed E-state index contributed by atoms with van der Waals surface area (Å²) in [5, 5.41) is 7.30. The topological polar surface area (TPSA) is 80.3 Å². The van der Waals surface area contributed by atoms with Crippen molar-refractivity contribution in [2.45, 2.75) is 32.1 Å². The zero-order chi connectivity index (χ0) is 18.4. The lowest BCUT2D eigenvalue weighted by Crippen LogP contribution is -2.41. The molecule has 1 fully saturated rings. The molecule has 0 saturated carbocycles. The van der Waals surface area contributed by atoms with Crippen LogP contribution in [-0.4, -0.2) is 59.4 Å². The van der Waals surface area contributed by atoms with Gasteiger partial charge in [-0.3, -0.25) is 9.89 Å². The minimum absolute atomic E-state index is 0.00750. The summed E-state index contributed by atoms with van der Waals surface area (Å²) in [6.45, 7) is 4.04. The van der Waals surface area contributed by atoms with E-state index in [1.54, 1.807) is 7.11 Å². The lowest BCUT2D eigenvalue weighted by Gasteiger charge is -2.31. The Hall–Kier alpha value is -2.41. The second-order valence-corrected chi connectivity index (χ2v) is 6.62. The third-order valence-electron chi connectivity index (χ3n) is 4.68. The Balaban J connectivity index is 1.55. The highest BCUT2D eigenvalue weighted by Crippen LogP contribution is 2.25. The number of amides is 1. The highest BCUT2D eigenvalue weighted by atomic mass is 16.5. The molecule has 2 aromatic rings. The van der Waals surface area contributed by atoms with Gasteiger partial charge in [-0.15, -0.1) is 0 Å². The number of carbonyl (C=O) groups is 1. The minimum Gasteiger partial charge on any atom is -0.484 e. The summed E-state index contributed by atoms with van der Waals surface area (Å²) in [6.07, 6.45) is 2.65. The van der Waals surface area contributed by atoms with Gasteiger partial charge in [-0.2, -0.15) is 5.10 Å². The first kappa shape index (κ1) is 18.4. The molecular weight excluding hydrogens is 332 g/mol. The number of rotatable bonds is 7. The van der Waals surface area contributed by atoms with E-state index in [0.717, 1.165) is 42.3 Å². The molecule has 1 atom stereocenters. The van der Waals surface area contributed by atoms with E-state index in [4.69, 9.17) is 9.47 Å². The number of hydrogen-bond donors (Lipinski definition) is 1. The molecule has 0 spiro atoms. The highest BCUT2D eigenvalue weighted by molar-refractivity contribution is 5.78. The van der Waals surface area contributed by atoms with Crippen LogP contribution in [0.4, 0.5) is 0 Å². The molecule has 140 valence electrons. The van der Waals surface area contributed by atoms with Crippen LogP contribution in [0.5, 0.6) is 5.75 Å². The molecule has 0 bridgehead atoms. The maximum Gasteiger partial charge on any atom is 0.260 e. The summed E-state index contributed by atoms with van der Waals surface area (Å²) in [7, 11) is 1.67. The van der Waals surface area contributed by atoms with E-state index in [9.17, 15) is 4.79 Å². The molecule has 7 heteroatoms. The summed E-state index contributed by atoms with van der Waals surface area (Å²) >= 11 is 0. The monoisotopic (exact) mass is 358 g/mol. The van der Waals surface area contributed by atoms with Gasteiger partial charge in [0.05, 0.1) is 6.61 Å². The normalized spacial score (nSPS) is 17.3. The van der Waals surface area contributed by atoms with Gasteiger partial charge in [-0.25, -0.2) is 4.98 Å². The molecule has 1 aliphatic heterocycles. The van der Waals surface area contributed by atoms with Gasteiger partial charge in [0.25, 0.3) is 5.91 Å². The van der Waals surface area contributed by atoms with E-state index in [2.05, 4.69) is 15.2 Å². The number of methoxy groups -OCH3 is 1. The number of para-hydroxylation sites is 1. The molecule has 1 aliphatic rings. The minimum atomic E-state index is 0.00750. The second kappa shape index (κ2) is 8.80. The van der Waals surface area contributed by atoms with Crippen molar-refractivity contribution in [1.29, 1.82) is 0 Å². The molecule has 1 aromatic heterocycles. The van der Waals surface area contributed by atoms with Crippen LogP contribution >= 0.6 is 0 Å². The van der Waals surface area contributed by atoms with Gasteiger partial charge in [0.2, 0.25) is 0 Å². The molecule has 0 aliphatic carbocycles. The SMILES string of the molecule is COCCc1nc(C2CCCN(C(=O)COc3ccccc3C)C2)n[nH]1. The van der Waals surface area contributed by atoms with Crippen LogP contribution < -0.4 is 4.74 Å². The van der Waals surface area contributed by atoms with Crippen LogP contribution in [0.15, 0.2) is 24.3 Å². The van der Waals surface area contributed by atoms with Crippen molar-refractivity contribution >= 4 is 5.91 Å². The van der Waals surface area contributed by atoms with Crippen LogP contribution in [0.2, 0.25) is 0 Å². The van der Waals surface area contributed by atoms with Crippen LogP contribution in [0.1, 0.15) is 36.0 Å². The number of benzene rings is 1. The van der Waals surface area contributed by atoms with Crippen molar-refractivity contribution in [2.75, 3.05) is 33.4 Å². The van der Waals surface area contributed by atoms with Crippen LogP contribution in [0.25, 0.3) is 0 Å². The van der Waals surface area contributed by atoms with Gasteiger partial charge in [-0.1, -0.05) is 18.2 Å². The van der Waals surface area contributed by atoms with Crippen LogP contribution in [0.3, 0.4) is 0 Å². The first-order valence-corrected chi connectivity index (χ1v) is 9.03. The number of aryl methyl sites for hydroxylation is 1. The molecule has 26 heavy (non-hydrogen) atoms. The van der Waals surface area contributed by atoms with E-state index in [0.29, 0.717) is 19.6 Å². The van der Waals surface area contributed by atoms with Gasteiger partial charge in [0.1, 0.15) is 11.6 Å². The predicted molar refractivity (Wildman–Crippen MR) is 97.2 cm³/mol. The number of nitrogens with zero attached hydrogens (tertiary/aromatic N) is 3. The van der Waals surface area contributed by atoms with Crippen LogP contribution in [0, 0.1) is 6.92 Å². The molecule has 0 radical (unpaired) electrons. The predicted octanol–water partition coefficient (Wildman–Crippen LogP) is 2.09. The van der Waals surface area contributed by atoms with E-state index >= 15 is 0 Å².